The number of carbonyl (C=O) groups excluding carboxylic acids is 1. The molecule has 5 nitrogen and oxygen atoms in total. The van der Waals surface area contributed by atoms with Crippen LogP contribution < -0.4 is 0 Å². The lowest BCUT2D eigenvalue weighted by atomic mass is 10.2. The second-order valence-corrected chi connectivity index (χ2v) is 5.22. The summed E-state index contributed by atoms with van der Waals surface area (Å²) in [6, 6.07) is 9.86. The highest BCUT2D eigenvalue weighted by Crippen LogP contribution is 2.20. The zero-order valence-electron chi connectivity index (χ0n) is 13.5. The van der Waals surface area contributed by atoms with Crippen molar-refractivity contribution in [2.75, 3.05) is 26.7 Å². The Morgan fingerprint density at radius 2 is 1.86 bits per heavy atom. The van der Waals surface area contributed by atoms with E-state index in [0.29, 0.717) is 19.0 Å². The molecule has 1 heterocycles. The largest absolute Gasteiger partial charge is 0.439 e. The van der Waals surface area contributed by atoms with Gasteiger partial charge in [0.15, 0.2) is 5.76 Å². The first-order chi connectivity index (χ1) is 10.6. The number of oxazole rings is 1. The topological polar surface area (TPSA) is 49.6 Å². The van der Waals surface area contributed by atoms with Crippen molar-refractivity contribution in [3.8, 4) is 11.3 Å². The molecule has 22 heavy (non-hydrogen) atoms. The average molecular weight is 301 g/mol. The summed E-state index contributed by atoms with van der Waals surface area (Å²) in [6.07, 6.45) is 1.73. The Morgan fingerprint density at radius 3 is 2.50 bits per heavy atom. The van der Waals surface area contributed by atoms with Gasteiger partial charge >= 0.3 is 0 Å². The summed E-state index contributed by atoms with van der Waals surface area (Å²) < 4.78 is 5.76. The maximum absolute atomic E-state index is 12.1. The zero-order chi connectivity index (χ0) is 15.9. The van der Waals surface area contributed by atoms with Gasteiger partial charge in [0.05, 0.1) is 19.3 Å². The maximum atomic E-state index is 12.1. The van der Waals surface area contributed by atoms with Crippen molar-refractivity contribution in [3.05, 3.63) is 42.4 Å². The van der Waals surface area contributed by atoms with Gasteiger partial charge in [-0.3, -0.25) is 9.69 Å². The zero-order valence-corrected chi connectivity index (χ0v) is 13.5. The van der Waals surface area contributed by atoms with Crippen LogP contribution in [0.2, 0.25) is 0 Å². The molecular weight excluding hydrogens is 278 g/mol. The molecule has 118 valence electrons. The van der Waals surface area contributed by atoms with Crippen molar-refractivity contribution >= 4 is 5.91 Å². The number of hydrogen-bond donors (Lipinski definition) is 0. The summed E-state index contributed by atoms with van der Waals surface area (Å²) in [5.41, 5.74) is 1.00. The Labute approximate surface area is 131 Å². The molecule has 1 aromatic heterocycles. The number of amides is 1. The number of likely N-dealkylation sites (N-methyl/N-ethyl adjacent to an activating group) is 2. The minimum absolute atomic E-state index is 0.127. The molecule has 0 aliphatic heterocycles. The van der Waals surface area contributed by atoms with E-state index in [2.05, 4.69) is 4.98 Å². The minimum Gasteiger partial charge on any atom is -0.439 e. The van der Waals surface area contributed by atoms with Crippen LogP contribution in [0, 0.1) is 0 Å². The monoisotopic (exact) mass is 301 g/mol. The number of benzene rings is 1. The van der Waals surface area contributed by atoms with Gasteiger partial charge < -0.3 is 9.32 Å². The van der Waals surface area contributed by atoms with Crippen LogP contribution in [-0.4, -0.2) is 47.4 Å². The second kappa shape index (κ2) is 7.75. The van der Waals surface area contributed by atoms with E-state index in [-0.39, 0.29) is 5.91 Å². The number of nitrogens with zero attached hydrogens (tertiary/aromatic N) is 3. The van der Waals surface area contributed by atoms with E-state index in [4.69, 9.17) is 4.42 Å². The van der Waals surface area contributed by atoms with Gasteiger partial charge in [0, 0.05) is 18.7 Å². The Bertz CT molecular complexity index is 591. The second-order valence-electron chi connectivity index (χ2n) is 5.22. The molecule has 0 unspecified atom stereocenters. The van der Waals surface area contributed by atoms with Gasteiger partial charge in [0.25, 0.3) is 0 Å². The van der Waals surface area contributed by atoms with Crippen LogP contribution in [0.1, 0.15) is 19.7 Å². The SMILES string of the molecule is CCN(CC)C(=O)CN(C)Cc1ncc(-c2ccccc2)o1. The average Bonchev–Trinajstić information content (AvgIpc) is 2.97. The number of rotatable bonds is 7. The van der Waals surface area contributed by atoms with Gasteiger partial charge in [0.1, 0.15) is 0 Å². The Morgan fingerprint density at radius 1 is 1.18 bits per heavy atom. The van der Waals surface area contributed by atoms with Gasteiger partial charge in [-0.15, -0.1) is 0 Å². The van der Waals surface area contributed by atoms with Crippen LogP contribution in [0.4, 0.5) is 0 Å². The highest BCUT2D eigenvalue weighted by molar-refractivity contribution is 5.78. The normalized spacial score (nSPS) is 10.9. The third kappa shape index (κ3) is 4.18. The van der Waals surface area contributed by atoms with Crippen molar-refractivity contribution in [2.24, 2.45) is 0 Å². The first-order valence-electron chi connectivity index (χ1n) is 7.60. The Balaban J connectivity index is 1.94. The molecule has 1 amide bonds. The van der Waals surface area contributed by atoms with Gasteiger partial charge in [-0.25, -0.2) is 4.98 Å². The Hall–Kier alpha value is -2.14. The van der Waals surface area contributed by atoms with Crippen molar-refractivity contribution in [1.82, 2.24) is 14.8 Å². The van der Waals surface area contributed by atoms with Crippen molar-refractivity contribution in [1.29, 1.82) is 0 Å². The van der Waals surface area contributed by atoms with E-state index in [1.807, 2.05) is 61.0 Å². The fourth-order valence-corrected chi connectivity index (χ4v) is 2.31. The fourth-order valence-electron chi connectivity index (χ4n) is 2.31. The number of hydrogen-bond acceptors (Lipinski definition) is 4. The first kappa shape index (κ1) is 16.2. The van der Waals surface area contributed by atoms with E-state index < -0.39 is 0 Å². The van der Waals surface area contributed by atoms with E-state index in [0.717, 1.165) is 24.4 Å². The molecule has 2 rings (SSSR count). The van der Waals surface area contributed by atoms with Crippen LogP contribution in [0.15, 0.2) is 40.9 Å². The number of aromatic nitrogens is 1. The van der Waals surface area contributed by atoms with Crippen LogP contribution in [0.25, 0.3) is 11.3 Å². The first-order valence-corrected chi connectivity index (χ1v) is 7.60. The van der Waals surface area contributed by atoms with Crippen molar-refractivity contribution in [2.45, 2.75) is 20.4 Å². The van der Waals surface area contributed by atoms with Crippen LogP contribution >= 0.6 is 0 Å². The molecule has 5 heteroatoms. The van der Waals surface area contributed by atoms with Gasteiger partial charge in [-0.1, -0.05) is 30.3 Å². The van der Waals surface area contributed by atoms with Crippen LogP contribution in [0.5, 0.6) is 0 Å². The molecule has 0 atom stereocenters. The lowest BCUT2D eigenvalue weighted by molar-refractivity contribution is -0.131. The van der Waals surface area contributed by atoms with E-state index in [9.17, 15) is 4.79 Å². The maximum Gasteiger partial charge on any atom is 0.236 e. The lowest BCUT2D eigenvalue weighted by Gasteiger charge is -2.22. The minimum atomic E-state index is 0.127. The molecule has 0 aliphatic carbocycles. The van der Waals surface area contributed by atoms with E-state index in [1.165, 1.54) is 0 Å². The molecule has 1 aromatic carbocycles. The molecule has 0 spiro atoms. The quantitative estimate of drug-likeness (QED) is 0.789. The highest BCUT2D eigenvalue weighted by atomic mass is 16.4. The standard InChI is InChI=1S/C17H23N3O2/c1-4-20(5-2)17(21)13-19(3)12-16-18-11-15(22-16)14-9-7-6-8-10-14/h6-11H,4-5,12-13H2,1-3H3. The predicted octanol–water partition coefficient (Wildman–Crippen LogP) is 2.64. The summed E-state index contributed by atoms with van der Waals surface area (Å²) >= 11 is 0. The van der Waals surface area contributed by atoms with Crippen molar-refractivity contribution in [3.63, 3.8) is 0 Å². The third-order valence-corrected chi connectivity index (χ3v) is 3.54. The summed E-state index contributed by atoms with van der Waals surface area (Å²) in [7, 11) is 1.90. The summed E-state index contributed by atoms with van der Waals surface area (Å²) in [5.74, 6) is 1.50. The molecule has 0 radical (unpaired) electrons. The van der Waals surface area contributed by atoms with Gasteiger partial charge in [0.2, 0.25) is 11.8 Å². The fraction of sp³-hybridized carbons (Fsp3) is 0.412. The van der Waals surface area contributed by atoms with Gasteiger partial charge in [-0.2, -0.15) is 0 Å². The summed E-state index contributed by atoms with van der Waals surface area (Å²) in [4.78, 5) is 20.1. The molecule has 0 saturated heterocycles. The summed E-state index contributed by atoms with van der Waals surface area (Å²) in [6.45, 7) is 6.33. The van der Waals surface area contributed by atoms with Crippen molar-refractivity contribution < 1.29 is 9.21 Å². The third-order valence-electron chi connectivity index (χ3n) is 3.54. The Kier molecular flexibility index (Phi) is 5.72. The molecule has 0 N–H and O–H groups in total. The molecular formula is C17H23N3O2. The van der Waals surface area contributed by atoms with E-state index in [1.54, 1.807) is 6.20 Å². The molecule has 0 fully saturated rings. The number of carbonyl (C=O) groups is 1. The van der Waals surface area contributed by atoms with Gasteiger partial charge in [-0.05, 0) is 20.9 Å². The molecule has 0 bridgehead atoms. The molecule has 0 aliphatic rings. The highest BCUT2D eigenvalue weighted by Gasteiger charge is 2.14. The smallest absolute Gasteiger partial charge is 0.236 e. The molecule has 2 aromatic rings. The summed E-state index contributed by atoms with van der Waals surface area (Å²) in [5, 5.41) is 0. The van der Waals surface area contributed by atoms with E-state index >= 15 is 0 Å². The predicted molar refractivity (Wildman–Crippen MR) is 86.2 cm³/mol. The van der Waals surface area contributed by atoms with Crippen LogP contribution in [0.3, 0.4) is 0 Å². The van der Waals surface area contributed by atoms with Crippen LogP contribution in [-0.2, 0) is 11.3 Å². The molecule has 0 saturated carbocycles. The lowest BCUT2D eigenvalue weighted by Crippen LogP contribution is -2.38.